The molecular weight excluding hydrogens is 356 g/mol. The van der Waals surface area contributed by atoms with Crippen LogP contribution in [0.3, 0.4) is 0 Å². The lowest BCUT2D eigenvalue weighted by Crippen LogP contribution is -2.24. The van der Waals surface area contributed by atoms with Gasteiger partial charge in [-0.3, -0.25) is 9.59 Å². The lowest BCUT2D eigenvalue weighted by Gasteiger charge is -2.16. The highest BCUT2D eigenvalue weighted by Crippen LogP contribution is 2.22. The van der Waals surface area contributed by atoms with Gasteiger partial charge < -0.3 is 15.0 Å². The van der Waals surface area contributed by atoms with E-state index in [1.165, 1.54) is 0 Å². The number of carbonyl (C=O) groups is 3. The number of benzene rings is 2. The Labute approximate surface area is 155 Å². The third kappa shape index (κ3) is 4.40. The number of carbonyl (C=O) groups excluding carboxylic acids is 3. The van der Waals surface area contributed by atoms with Gasteiger partial charge in [-0.05, 0) is 48.9 Å². The first-order valence-electron chi connectivity index (χ1n) is 8.16. The van der Waals surface area contributed by atoms with Crippen LogP contribution in [0.4, 0.5) is 11.4 Å². The molecule has 0 aliphatic carbocycles. The molecule has 1 fully saturated rings. The molecule has 2 aromatic rings. The van der Waals surface area contributed by atoms with Crippen LogP contribution in [-0.2, 0) is 14.3 Å². The minimum absolute atomic E-state index is 0.0397. The second kappa shape index (κ2) is 8.01. The van der Waals surface area contributed by atoms with Gasteiger partial charge in [0.1, 0.15) is 0 Å². The van der Waals surface area contributed by atoms with Crippen molar-refractivity contribution in [3.63, 3.8) is 0 Å². The fourth-order valence-corrected chi connectivity index (χ4v) is 2.79. The average Bonchev–Trinajstić information content (AvgIpc) is 3.08. The second-order valence-electron chi connectivity index (χ2n) is 5.83. The SMILES string of the molecule is O=C(COC(=O)c1cccc(N2CCCC2=O)c1)Nc1ccc(Cl)cc1. The van der Waals surface area contributed by atoms with E-state index in [2.05, 4.69) is 5.32 Å². The average molecular weight is 373 g/mol. The normalized spacial score (nSPS) is 13.6. The van der Waals surface area contributed by atoms with Crippen LogP contribution in [0, 0.1) is 0 Å². The van der Waals surface area contributed by atoms with Crippen LogP contribution >= 0.6 is 11.6 Å². The van der Waals surface area contributed by atoms with Crippen molar-refractivity contribution >= 4 is 40.8 Å². The maximum absolute atomic E-state index is 12.2. The van der Waals surface area contributed by atoms with E-state index in [9.17, 15) is 14.4 Å². The van der Waals surface area contributed by atoms with Gasteiger partial charge in [0.2, 0.25) is 5.91 Å². The summed E-state index contributed by atoms with van der Waals surface area (Å²) in [5, 5.41) is 3.17. The molecule has 26 heavy (non-hydrogen) atoms. The molecule has 0 atom stereocenters. The molecule has 6 nitrogen and oxygen atoms in total. The zero-order valence-corrected chi connectivity index (χ0v) is 14.7. The van der Waals surface area contributed by atoms with Gasteiger partial charge >= 0.3 is 5.97 Å². The molecule has 0 bridgehead atoms. The fraction of sp³-hybridized carbons (Fsp3) is 0.211. The molecule has 1 N–H and O–H groups in total. The first-order chi connectivity index (χ1) is 12.5. The quantitative estimate of drug-likeness (QED) is 0.817. The fourth-order valence-electron chi connectivity index (χ4n) is 2.67. The number of hydrogen-bond acceptors (Lipinski definition) is 4. The maximum atomic E-state index is 12.2. The zero-order chi connectivity index (χ0) is 18.5. The summed E-state index contributed by atoms with van der Waals surface area (Å²) in [6, 6.07) is 13.2. The van der Waals surface area contributed by atoms with E-state index in [0.717, 1.165) is 6.42 Å². The second-order valence-corrected chi connectivity index (χ2v) is 6.27. The van der Waals surface area contributed by atoms with Gasteiger partial charge in [-0.1, -0.05) is 17.7 Å². The Morgan fingerprint density at radius 3 is 2.62 bits per heavy atom. The highest BCUT2D eigenvalue weighted by molar-refractivity contribution is 6.30. The molecule has 134 valence electrons. The summed E-state index contributed by atoms with van der Waals surface area (Å²) < 4.78 is 5.05. The summed E-state index contributed by atoms with van der Waals surface area (Å²) in [7, 11) is 0. The number of esters is 1. The number of halogens is 1. The highest BCUT2D eigenvalue weighted by atomic mass is 35.5. The predicted octanol–water partition coefficient (Wildman–Crippen LogP) is 3.26. The molecule has 3 rings (SSSR count). The topological polar surface area (TPSA) is 75.7 Å². The largest absolute Gasteiger partial charge is 0.452 e. The van der Waals surface area contributed by atoms with Crippen LogP contribution in [0.1, 0.15) is 23.2 Å². The van der Waals surface area contributed by atoms with Crippen molar-refractivity contribution < 1.29 is 19.1 Å². The monoisotopic (exact) mass is 372 g/mol. The smallest absolute Gasteiger partial charge is 0.338 e. The Bertz CT molecular complexity index is 836. The van der Waals surface area contributed by atoms with Gasteiger partial charge in [-0.2, -0.15) is 0 Å². The number of ether oxygens (including phenoxy) is 1. The Hall–Kier alpha value is -2.86. The van der Waals surface area contributed by atoms with E-state index in [1.807, 2.05) is 0 Å². The number of rotatable bonds is 5. The Morgan fingerprint density at radius 1 is 1.15 bits per heavy atom. The summed E-state index contributed by atoms with van der Waals surface area (Å²) in [5.74, 6) is -1.03. The van der Waals surface area contributed by atoms with E-state index in [1.54, 1.807) is 53.4 Å². The summed E-state index contributed by atoms with van der Waals surface area (Å²) in [5.41, 5.74) is 1.51. The number of amides is 2. The molecule has 0 unspecified atom stereocenters. The minimum Gasteiger partial charge on any atom is -0.452 e. The molecule has 0 radical (unpaired) electrons. The number of anilines is 2. The first kappa shape index (κ1) is 17.9. The number of nitrogens with one attached hydrogen (secondary N) is 1. The molecule has 1 aliphatic heterocycles. The molecule has 1 saturated heterocycles. The number of nitrogens with zero attached hydrogens (tertiary/aromatic N) is 1. The van der Waals surface area contributed by atoms with Crippen LogP contribution in [-0.4, -0.2) is 30.9 Å². The lowest BCUT2D eigenvalue weighted by molar-refractivity contribution is -0.119. The van der Waals surface area contributed by atoms with Crippen LogP contribution < -0.4 is 10.2 Å². The molecule has 1 heterocycles. The van der Waals surface area contributed by atoms with Crippen LogP contribution in [0.2, 0.25) is 5.02 Å². The van der Waals surface area contributed by atoms with Crippen molar-refractivity contribution in [3.8, 4) is 0 Å². The van der Waals surface area contributed by atoms with E-state index in [-0.39, 0.29) is 5.91 Å². The molecule has 7 heteroatoms. The Kier molecular flexibility index (Phi) is 5.53. The highest BCUT2D eigenvalue weighted by Gasteiger charge is 2.22. The van der Waals surface area contributed by atoms with Gasteiger partial charge in [-0.15, -0.1) is 0 Å². The van der Waals surface area contributed by atoms with Gasteiger partial charge in [0.25, 0.3) is 5.91 Å². The Morgan fingerprint density at radius 2 is 1.92 bits per heavy atom. The Balaban J connectivity index is 1.57. The van der Waals surface area contributed by atoms with Crippen LogP contribution in [0.5, 0.6) is 0 Å². The third-order valence-corrected chi connectivity index (χ3v) is 4.18. The van der Waals surface area contributed by atoms with Crippen molar-refractivity contribution in [3.05, 3.63) is 59.1 Å². The maximum Gasteiger partial charge on any atom is 0.338 e. The summed E-state index contributed by atoms with van der Waals surface area (Å²) in [6.45, 7) is 0.231. The van der Waals surface area contributed by atoms with Crippen molar-refractivity contribution in [2.24, 2.45) is 0 Å². The molecule has 0 saturated carbocycles. The predicted molar refractivity (Wildman–Crippen MR) is 98.4 cm³/mol. The third-order valence-electron chi connectivity index (χ3n) is 3.93. The van der Waals surface area contributed by atoms with E-state index >= 15 is 0 Å². The standard InChI is InChI=1S/C19H17ClN2O4/c20-14-6-8-15(9-7-14)21-17(23)12-26-19(25)13-3-1-4-16(11-13)22-10-2-5-18(22)24/h1,3-4,6-9,11H,2,5,10,12H2,(H,21,23). The zero-order valence-electron chi connectivity index (χ0n) is 13.9. The molecule has 1 aliphatic rings. The van der Waals surface area contributed by atoms with Gasteiger partial charge in [0.15, 0.2) is 6.61 Å². The van der Waals surface area contributed by atoms with Crippen molar-refractivity contribution in [2.75, 3.05) is 23.4 Å². The molecule has 2 aromatic carbocycles. The van der Waals surface area contributed by atoms with Crippen molar-refractivity contribution in [2.45, 2.75) is 12.8 Å². The summed E-state index contributed by atoms with van der Waals surface area (Å²) in [6.07, 6.45) is 1.32. The van der Waals surface area contributed by atoms with Crippen molar-refractivity contribution in [1.29, 1.82) is 0 Å². The van der Waals surface area contributed by atoms with Gasteiger partial charge in [0, 0.05) is 29.4 Å². The van der Waals surface area contributed by atoms with E-state index in [4.69, 9.17) is 16.3 Å². The lowest BCUT2D eigenvalue weighted by atomic mass is 10.2. The van der Waals surface area contributed by atoms with E-state index < -0.39 is 18.5 Å². The van der Waals surface area contributed by atoms with E-state index in [0.29, 0.717) is 34.9 Å². The molecular formula is C19H17ClN2O4. The molecule has 0 spiro atoms. The first-order valence-corrected chi connectivity index (χ1v) is 8.54. The molecule has 2 amide bonds. The summed E-state index contributed by atoms with van der Waals surface area (Å²) >= 11 is 5.78. The van der Waals surface area contributed by atoms with Crippen LogP contribution in [0.25, 0.3) is 0 Å². The minimum atomic E-state index is -0.621. The van der Waals surface area contributed by atoms with Crippen LogP contribution in [0.15, 0.2) is 48.5 Å². The van der Waals surface area contributed by atoms with Crippen molar-refractivity contribution in [1.82, 2.24) is 0 Å². The number of hydrogen-bond donors (Lipinski definition) is 1. The molecule has 0 aromatic heterocycles. The summed E-state index contributed by atoms with van der Waals surface area (Å²) in [4.78, 5) is 37.5. The van der Waals surface area contributed by atoms with Gasteiger partial charge in [-0.25, -0.2) is 4.79 Å². The van der Waals surface area contributed by atoms with Gasteiger partial charge in [0.05, 0.1) is 5.56 Å².